The number of benzene rings is 1. The van der Waals surface area contributed by atoms with Crippen LogP contribution < -0.4 is 10.1 Å². The lowest BCUT2D eigenvalue weighted by Gasteiger charge is -2.22. The number of nitrogens with one attached hydrogen (secondary N) is 1. The van der Waals surface area contributed by atoms with Crippen molar-refractivity contribution in [2.75, 3.05) is 47.0 Å². The zero-order chi connectivity index (χ0) is 17.4. The summed E-state index contributed by atoms with van der Waals surface area (Å²) in [6.07, 6.45) is 1.17. The minimum Gasteiger partial charge on any atom is -0.496 e. The summed E-state index contributed by atoms with van der Waals surface area (Å²) in [6, 6.07) is 8.19. The molecule has 2 unspecified atom stereocenters. The molecule has 1 fully saturated rings. The van der Waals surface area contributed by atoms with E-state index in [1.165, 1.54) is 12.0 Å². The fraction of sp³-hybridized carbons (Fsp3) is 0.632. The molecule has 1 heterocycles. The fourth-order valence-electron chi connectivity index (χ4n) is 3.22. The maximum absolute atomic E-state index is 5.47. The van der Waals surface area contributed by atoms with Gasteiger partial charge in [0.05, 0.1) is 13.7 Å². The first-order valence-electron chi connectivity index (χ1n) is 8.84. The van der Waals surface area contributed by atoms with Gasteiger partial charge in [-0.25, -0.2) is 0 Å². The Morgan fingerprint density at radius 3 is 2.80 bits per heavy atom. The van der Waals surface area contributed by atoms with Crippen LogP contribution in [-0.4, -0.2) is 57.9 Å². The number of guanidine groups is 1. The second-order valence-corrected chi connectivity index (χ2v) is 6.39. The smallest absolute Gasteiger partial charge is 0.193 e. The molecule has 0 radical (unpaired) electrons. The predicted octanol–water partition coefficient (Wildman–Crippen LogP) is 3.35. The minimum absolute atomic E-state index is 0. The zero-order valence-corrected chi connectivity index (χ0v) is 18.2. The number of ether oxygens (including phenoxy) is 2. The topological polar surface area (TPSA) is 46.1 Å². The Bertz CT molecular complexity index is 539. The summed E-state index contributed by atoms with van der Waals surface area (Å²) >= 11 is 0. The third-order valence-corrected chi connectivity index (χ3v) is 4.51. The van der Waals surface area contributed by atoms with E-state index in [1.54, 1.807) is 14.2 Å². The van der Waals surface area contributed by atoms with E-state index in [9.17, 15) is 0 Å². The molecule has 2 rings (SSSR count). The highest BCUT2D eigenvalue weighted by Gasteiger charge is 2.24. The highest BCUT2D eigenvalue weighted by Crippen LogP contribution is 2.26. The first-order valence-corrected chi connectivity index (χ1v) is 8.84. The first kappa shape index (κ1) is 22.0. The zero-order valence-electron chi connectivity index (χ0n) is 15.8. The van der Waals surface area contributed by atoms with Crippen LogP contribution >= 0.6 is 24.0 Å². The molecule has 142 valence electrons. The van der Waals surface area contributed by atoms with Crippen molar-refractivity contribution in [2.45, 2.75) is 26.2 Å². The Kier molecular flexibility index (Phi) is 10.2. The van der Waals surface area contributed by atoms with Crippen LogP contribution in [0.3, 0.4) is 0 Å². The SMILES string of the molecule is CCNC(=NCC(C)c1ccccc1OC)N1CCC(COC)C1.I. The van der Waals surface area contributed by atoms with E-state index in [-0.39, 0.29) is 24.0 Å². The van der Waals surface area contributed by atoms with Crippen LogP contribution in [-0.2, 0) is 4.74 Å². The van der Waals surface area contributed by atoms with Crippen LogP contribution in [0.25, 0.3) is 0 Å². The van der Waals surface area contributed by atoms with Crippen molar-refractivity contribution in [2.24, 2.45) is 10.9 Å². The summed E-state index contributed by atoms with van der Waals surface area (Å²) in [5, 5.41) is 3.43. The quantitative estimate of drug-likeness (QED) is 0.385. The molecule has 0 aromatic heterocycles. The Balaban J connectivity index is 0.00000312. The van der Waals surface area contributed by atoms with E-state index in [1.807, 2.05) is 12.1 Å². The van der Waals surface area contributed by atoms with Crippen molar-refractivity contribution in [1.29, 1.82) is 0 Å². The van der Waals surface area contributed by atoms with Crippen LogP contribution in [0.1, 0.15) is 31.7 Å². The molecule has 5 nitrogen and oxygen atoms in total. The number of rotatable bonds is 7. The second kappa shape index (κ2) is 11.6. The van der Waals surface area contributed by atoms with Crippen molar-refractivity contribution < 1.29 is 9.47 Å². The summed E-state index contributed by atoms with van der Waals surface area (Å²) in [5.41, 5.74) is 1.21. The molecule has 1 saturated heterocycles. The van der Waals surface area contributed by atoms with Crippen LogP contribution in [0.4, 0.5) is 0 Å². The number of hydrogen-bond acceptors (Lipinski definition) is 3. The summed E-state index contributed by atoms with van der Waals surface area (Å²) < 4.78 is 10.8. The van der Waals surface area contributed by atoms with Gasteiger partial charge in [-0.15, -0.1) is 24.0 Å². The Morgan fingerprint density at radius 2 is 2.12 bits per heavy atom. The monoisotopic (exact) mass is 461 g/mol. The molecule has 0 bridgehead atoms. The van der Waals surface area contributed by atoms with E-state index < -0.39 is 0 Å². The predicted molar refractivity (Wildman–Crippen MR) is 114 cm³/mol. The van der Waals surface area contributed by atoms with Gasteiger partial charge in [-0.3, -0.25) is 4.99 Å². The maximum atomic E-state index is 5.47. The van der Waals surface area contributed by atoms with Gasteiger partial charge >= 0.3 is 0 Å². The van der Waals surface area contributed by atoms with Gasteiger partial charge in [0.1, 0.15) is 5.75 Å². The highest BCUT2D eigenvalue weighted by atomic mass is 127. The second-order valence-electron chi connectivity index (χ2n) is 6.39. The van der Waals surface area contributed by atoms with Gasteiger partial charge in [-0.05, 0) is 25.0 Å². The van der Waals surface area contributed by atoms with Crippen LogP contribution in [0.5, 0.6) is 5.75 Å². The van der Waals surface area contributed by atoms with Gasteiger partial charge in [0.15, 0.2) is 5.96 Å². The van der Waals surface area contributed by atoms with Crippen molar-refractivity contribution in [3.8, 4) is 5.75 Å². The number of hydrogen-bond donors (Lipinski definition) is 1. The molecule has 1 aromatic carbocycles. The highest BCUT2D eigenvalue weighted by molar-refractivity contribution is 14.0. The van der Waals surface area contributed by atoms with Gasteiger partial charge in [-0.2, -0.15) is 0 Å². The number of para-hydroxylation sites is 1. The van der Waals surface area contributed by atoms with Gasteiger partial charge < -0.3 is 19.7 Å². The summed E-state index contributed by atoms with van der Waals surface area (Å²) in [7, 11) is 3.50. The number of halogens is 1. The molecule has 1 N–H and O–H groups in total. The molecule has 1 aromatic rings. The van der Waals surface area contributed by atoms with Gasteiger partial charge in [-0.1, -0.05) is 25.1 Å². The molecular formula is C19H32IN3O2. The molecule has 2 atom stereocenters. The average Bonchev–Trinajstić information content (AvgIpc) is 3.07. The number of nitrogens with zero attached hydrogens (tertiary/aromatic N) is 2. The van der Waals surface area contributed by atoms with Gasteiger partial charge in [0.25, 0.3) is 0 Å². The molecule has 0 spiro atoms. The lowest BCUT2D eigenvalue weighted by molar-refractivity contribution is 0.157. The third-order valence-electron chi connectivity index (χ3n) is 4.51. The summed E-state index contributed by atoms with van der Waals surface area (Å²) in [5.74, 6) is 2.86. The Morgan fingerprint density at radius 1 is 1.36 bits per heavy atom. The molecule has 0 aliphatic carbocycles. The Hall–Kier alpha value is -1.02. The minimum atomic E-state index is 0. The van der Waals surface area contributed by atoms with Crippen LogP contribution in [0.2, 0.25) is 0 Å². The van der Waals surface area contributed by atoms with E-state index >= 15 is 0 Å². The van der Waals surface area contributed by atoms with Gasteiger partial charge in [0.2, 0.25) is 0 Å². The fourth-order valence-corrected chi connectivity index (χ4v) is 3.22. The van der Waals surface area contributed by atoms with Crippen molar-refractivity contribution in [3.05, 3.63) is 29.8 Å². The number of likely N-dealkylation sites (tertiary alicyclic amines) is 1. The lowest BCUT2D eigenvalue weighted by Crippen LogP contribution is -2.40. The normalized spacial score (nSPS) is 18.6. The molecule has 6 heteroatoms. The standard InChI is InChI=1S/C19H31N3O2.HI/c1-5-20-19(22-11-10-16(13-22)14-23-3)21-12-15(2)17-8-6-7-9-18(17)24-4;/h6-9,15-16H,5,10-14H2,1-4H3,(H,20,21);1H. The van der Waals surface area contributed by atoms with Crippen molar-refractivity contribution >= 4 is 29.9 Å². The molecule has 1 aliphatic rings. The van der Waals surface area contributed by atoms with E-state index in [0.29, 0.717) is 11.8 Å². The summed E-state index contributed by atoms with van der Waals surface area (Å²) in [6.45, 7) is 8.82. The van der Waals surface area contributed by atoms with Crippen LogP contribution in [0, 0.1) is 5.92 Å². The third kappa shape index (κ3) is 6.33. The van der Waals surface area contributed by atoms with Crippen molar-refractivity contribution in [1.82, 2.24) is 10.2 Å². The van der Waals surface area contributed by atoms with Crippen LogP contribution in [0.15, 0.2) is 29.3 Å². The van der Waals surface area contributed by atoms with Crippen molar-refractivity contribution in [3.63, 3.8) is 0 Å². The maximum Gasteiger partial charge on any atom is 0.193 e. The largest absolute Gasteiger partial charge is 0.496 e. The molecule has 0 amide bonds. The summed E-state index contributed by atoms with van der Waals surface area (Å²) in [4.78, 5) is 7.23. The molecule has 0 saturated carbocycles. The number of methoxy groups -OCH3 is 2. The Labute approximate surface area is 169 Å². The molecule has 1 aliphatic heterocycles. The number of aliphatic imine (C=N–C) groups is 1. The van der Waals surface area contributed by atoms with E-state index in [0.717, 1.165) is 44.5 Å². The molecule has 25 heavy (non-hydrogen) atoms. The van der Waals surface area contributed by atoms with E-state index in [2.05, 4.69) is 36.2 Å². The molecular weight excluding hydrogens is 429 g/mol. The average molecular weight is 461 g/mol. The van der Waals surface area contributed by atoms with E-state index in [4.69, 9.17) is 14.5 Å². The lowest BCUT2D eigenvalue weighted by atomic mass is 10.0. The van der Waals surface area contributed by atoms with Gasteiger partial charge in [0, 0.05) is 45.1 Å². The first-order chi connectivity index (χ1) is 11.7.